The monoisotopic (exact) mass is 293 g/mol. The van der Waals surface area contributed by atoms with E-state index in [4.69, 9.17) is 0 Å². The SMILES string of the molecule is CCNCc1cn(-c2cccc(Br)c2)nc1C. The van der Waals surface area contributed by atoms with Gasteiger partial charge in [-0.15, -0.1) is 0 Å². The van der Waals surface area contributed by atoms with Crippen LogP contribution in [-0.2, 0) is 6.54 Å². The van der Waals surface area contributed by atoms with Crippen molar-refractivity contribution >= 4 is 15.9 Å². The van der Waals surface area contributed by atoms with Gasteiger partial charge in [-0.3, -0.25) is 0 Å². The van der Waals surface area contributed by atoms with Crippen molar-refractivity contribution in [2.45, 2.75) is 20.4 Å². The second kappa shape index (κ2) is 5.47. The molecule has 0 aliphatic heterocycles. The second-order valence-electron chi connectivity index (χ2n) is 3.94. The lowest BCUT2D eigenvalue weighted by atomic mass is 10.2. The molecular formula is C13H16BrN3. The summed E-state index contributed by atoms with van der Waals surface area (Å²) in [5, 5.41) is 7.85. The van der Waals surface area contributed by atoms with Crippen LogP contribution < -0.4 is 5.32 Å². The molecule has 0 atom stereocenters. The molecule has 1 aromatic heterocycles. The summed E-state index contributed by atoms with van der Waals surface area (Å²) in [6.07, 6.45) is 2.08. The quantitative estimate of drug-likeness (QED) is 0.939. The summed E-state index contributed by atoms with van der Waals surface area (Å²) in [5.74, 6) is 0. The summed E-state index contributed by atoms with van der Waals surface area (Å²) < 4.78 is 2.99. The minimum absolute atomic E-state index is 0.871. The van der Waals surface area contributed by atoms with E-state index in [-0.39, 0.29) is 0 Å². The van der Waals surface area contributed by atoms with Gasteiger partial charge in [0.1, 0.15) is 0 Å². The highest BCUT2D eigenvalue weighted by molar-refractivity contribution is 9.10. The van der Waals surface area contributed by atoms with E-state index in [1.807, 2.05) is 29.8 Å². The van der Waals surface area contributed by atoms with Crippen molar-refractivity contribution in [1.29, 1.82) is 0 Å². The van der Waals surface area contributed by atoms with Crippen molar-refractivity contribution < 1.29 is 0 Å². The first kappa shape index (κ1) is 12.3. The third-order valence-electron chi connectivity index (χ3n) is 2.64. The molecule has 2 aromatic rings. The maximum atomic E-state index is 4.53. The van der Waals surface area contributed by atoms with E-state index in [2.05, 4.69) is 45.5 Å². The molecule has 0 amide bonds. The van der Waals surface area contributed by atoms with Crippen molar-refractivity contribution in [1.82, 2.24) is 15.1 Å². The van der Waals surface area contributed by atoms with Gasteiger partial charge in [-0.25, -0.2) is 4.68 Å². The van der Waals surface area contributed by atoms with Gasteiger partial charge in [0, 0.05) is 22.8 Å². The Bertz CT molecular complexity index is 505. The molecule has 0 spiro atoms. The molecule has 1 aromatic carbocycles. The van der Waals surface area contributed by atoms with Crippen LogP contribution in [0.3, 0.4) is 0 Å². The highest BCUT2D eigenvalue weighted by atomic mass is 79.9. The van der Waals surface area contributed by atoms with Gasteiger partial charge in [-0.05, 0) is 31.7 Å². The zero-order valence-electron chi connectivity index (χ0n) is 10.1. The maximum Gasteiger partial charge on any atom is 0.0657 e. The summed E-state index contributed by atoms with van der Waals surface area (Å²) in [6.45, 7) is 5.99. The summed E-state index contributed by atoms with van der Waals surface area (Å²) in [6, 6.07) is 8.14. The average molecular weight is 294 g/mol. The van der Waals surface area contributed by atoms with Crippen LogP contribution in [0.4, 0.5) is 0 Å². The maximum absolute atomic E-state index is 4.53. The molecule has 4 heteroatoms. The minimum atomic E-state index is 0.871. The van der Waals surface area contributed by atoms with E-state index in [0.29, 0.717) is 0 Å². The highest BCUT2D eigenvalue weighted by Crippen LogP contribution is 2.16. The number of aromatic nitrogens is 2. The minimum Gasteiger partial charge on any atom is -0.313 e. The fraction of sp³-hybridized carbons (Fsp3) is 0.308. The summed E-state index contributed by atoms with van der Waals surface area (Å²) >= 11 is 3.47. The molecule has 0 aliphatic rings. The van der Waals surface area contributed by atoms with Crippen LogP contribution in [0, 0.1) is 6.92 Å². The van der Waals surface area contributed by atoms with Crippen LogP contribution in [0.25, 0.3) is 5.69 Å². The van der Waals surface area contributed by atoms with Gasteiger partial charge in [0.05, 0.1) is 11.4 Å². The number of rotatable bonds is 4. The molecule has 0 unspecified atom stereocenters. The molecule has 90 valence electrons. The number of nitrogens with one attached hydrogen (secondary N) is 1. The van der Waals surface area contributed by atoms with Gasteiger partial charge >= 0.3 is 0 Å². The number of hydrogen-bond donors (Lipinski definition) is 1. The number of benzene rings is 1. The zero-order valence-corrected chi connectivity index (χ0v) is 11.7. The predicted octanol–water partition coefficient (Wildman–Crippen LogP) is 3.05. The molecule has 0 saturated carbocycles. The van der Waals surface area contributed by atoms with Crippen LogP contribution in [0.15, 0.2) is 34.9 Å². The lowest BCUT2D eigenvalue weighted by Gasteiger charge is -2.01. The number of hydrogen-bond acceptors (Lipinski definition) is 2. The lowest BCUT2D eigenvalue weighted by molar-refractivity contribution is 0.723. The number of halogens is 1. The number of nitrogens with zero attached hydrogens (tertiary/aromatic N) is 2. The van der Waals surface area contributed by atoms with E-state index in [1.165, 1.54) is 5.56 Å². The largest absolute Gasteiger partial charge is 0.313 e. The van der Waals surface area contributed by atoms with Crippen molar-refractivity contribution in [3.8, 4) is 5.69 Å². The van der Waals surface area contributed by atoms with E-state index < -0.39 is 0 Å². The topological polar surface area (TPSA) is 29.9 Å². The van der Waals surface area contributed by atoms with Crippen LogP contribution in [0.2, 0.25) is 0 Å². The fourth-order valence-corrected chi connectivity index (χ4v) is 2.07. The Morgan fingerprint density at radius 3 is 2.94 bits per heavy atom. The van der Waals surface area contributed by atoms with Gasteiger partial charge in [0.25, 0.3) is 0 Å². The zero-order chi connectivity index (χ0) is 12.3. The van der Waals surface area contributed by atoms with Gasteiger partial charge in [-0.2, -0.15) is 5.10 Å². The van der Waals surface area contributed by atoms with Gasteiger partial charge < -0.3 is 5.32 Å². The molecule has 17 heavy (non-hydrogen) atoms. The summed E-state index contributed by atoms with van der Waals surface area (Å²) in [4.78, 5) is 0. The normalized spacial score (nSPS) is 10.8. The van der Waals surface area contributed by atoms with E-state index >= 15 is 0 Å². The molecule has 1 N–H and O–H groups in total. The van der Waals surface area contributed by atoms with E-state index in [9.17, 15) is 0 Å². The molecule has 0 aliphatic carbocycles. The second-order valence-corrected chi connectivity index (χ2v) is 4.86. The lowest BCUT2D eigenvalue weighted by Crippen LogP contribution is -2.11. The Morgan fingerprint density at radius 1 is 1.41 bits per heavy atom. The Morgan fingerprint density at radius 2 is 2.24 bits per heavy atom. The fourth-order valence-electron chi connectivity index (χ4n) is 1.68. The Kier molecular flexibility index (Phi) is 3.97. The standard InChI is InChI=1S/C13H16BrN3/c1-3-15-8-11-9-17(16-10(11)2)13-6-4-5-12(14)7-13/h4-7,9,15H,3,8H2,1-2H3. The first-order valence-corrected chi connectivity index (χ1v) is 6.52. The van der Waals surface area contributed by atoms with Crippen LogP contribution in [0.5, 0.6) is 0 Å². The molecule has 0 bridgehead atoms. The third kappa shape index (κ3) is 2.96. The van der Waals surface area contributed by atoms with Crippen molar-refractivity contribution in [3.63, 3.8) is 0 Å². The smallest absolute Gasteiger partial charge is 0.0657 e. The average Bonchev–Trinajstić information content (AvgIpc) is 2.68. The van der Waals surface area contributed by atoms with Gasteiger partial charge in [-0.1, -0.05) is 28.9 Å². The van der Waals surface area contributed by atoms with Gasteiger partial charge in [0.2, 0.25) is 0 Å². The van der Waals surface area contributed by atoms with Gasteiger partial charge in [0.15, 0.2) is 0 Å². The van der Waals surface area contributed by atoms with Crippen LogP contribution in [0.1, 0.15) is 18.2 Å². The molecule has 0 radical (unpaired) electrons. The van der Waals surface area contributed by atoms with Crippen molar-refractivity contribution in [2.24, 2.45) is 0 Å². The molecule has 2 rings (SSSR count). The predicted molar refractivity (Wildman–Crippen MR) is 73.4 cm³/mol. The molecule has 0 fully saturated rings. The first-order chi connectivity index (χ1) is 8.20. The van der Waals surface area contributed by atoms with Crippen LogP contribution in [-0.4, -0.2) is 16.3 Å². The Hall–Kier alpha value is -1.13. The third-order valence-corrected chi connectivity index (χ3v) is 3.13. The number of aryl methyl sites for hydroxylation is 1. The van der Waals surface area contributed by atoms with E-state index in [1.54, 1.807) is 0 Å². The molecule has 1 heterocycles. The Balaban J connectivity index is 2.28. The summed E-state index contributed by atoms with van der Waals surface area (Å²) in [5.41, 5.74) is 3.39. The van der Waals surface area contributed by atoms with Crippen molar-refractivity contribution in [3.05, 3.63) is 46.2 Å². The summed E-state index contributed by atoms with van der Waals surface area (Å²) in [7, 11) is 0. The Labute approximate surface area is 110 Å². The van der Waals surface area contributed by atoms with E-state index in [0.717, 1.165) is 28.9 Å². The molecule has 0 saturated heterocycles. The van der Waals surface area contributed by atoms with Crippen LogP contribution >= 0.6 is 15.9 Å². The molecule has 3 nitrogen and oxygen atoms in total. The van der Waals surface area contributed by atoms with Crippen molar-refractivity contribution in [2.75, 3.05) is 6.54 Å². The first-order valence-electron chi connectivity index (χ1n) is 5.72. The highest BCUT2D eigenvalue weighted by Gasteiger charge is 2.05. The molecular weight excluding hydrogens is 278 g/mol.